The van der Waals surface area contributed by atoms with Crippen LogP contribution in [0.3, 0.4) is 0 Å². The molecule has 6 rings (SSSR count). The van der Waals surface area contributed by atoms with E-state index in [1.54, 1.807) is 14.0 Å². The summed E-state index contributed by atoms with van der Waals surface area (Å²) in [5.41, 5.74) is 18.9. The molecule has 3 aromatic carbocycles. The molecule has 0 bridgehead atoms. The Labute approximate surface area is 274 Å². The second-order valence-corrected chi connectivity index (χ2v) is 9.84. The molecular formula is C27H24ClCoN13O4. The maximum Gasteiger partial charge on any atom is 2.00 e. The van der Waals surface area contributed by atoms with E-state index in [4.69, 9.17) is 29.7 Å². The molecule has 19 heteroatoms. The van der Waals surface area contributed by atoms with Crippen LogP contribution in [0.25, 0.3) is 33.0 Å². The van der Waals surface area contributed by atoms with Crippen molar-refractivity contribution in [1.29, 1.82) is 0 Å². The van der Waals surface area contributed by atoms with E-state index in [0.717, 1.165) is 34.1 Å². The van der Waals surface area contributed by atoms with E-state index in [-0.39, 0.29) is 16.8 Å². The second kappa shape index (κ2) is 17.5. The van der Waals surface area contributed by atoms with E-state index in [1.807, 2.05) is 110 Å². The molecule has 0 aliphatic heterocycles. The third-order valence-electron chi connectivity index (χ3n) is 5.84. The van der Waals surface area contributed by atoms with Crippen LogP contribution in [0.5, 0.6) is 0 Å². The van der Waals surface area contributed by atoms with Crippen molar-refractivity contribution in [3.05, 3.63) is 143 Å². The molecule has 1 radical (unpaired) electrons. The van der Waals surface area contributed by atoms with Crippen molar-refractivity contribution in [2.75, 3.05) is 0 Å². The predicted molar refractivity (Wildman–Crippen MR) is 147 cm³/mol. The molecule has 46 heavy (non-hydrogen) atoms. The first kappa shape index (κ1) is 35.5. The fourth-order valence-corrected chi connectivity index (χ4v) is 4.09. The first-order valence-corrected chi connectivity index (χ1v) is 14.2. The molecule has 0 atom stereocenters. The smallest absolute Gasteiger partial charge is 0.373 e. The fraction of sp³-hybridized carbons (Fsp3) is 0.111. The average molecular weight is 689 g/mol. The van der Waals surface area contributed by atoms with Gasteiger partial charge < -0.3 is 11.1 Å². The van der Waals surface area contributed by atoms with Crippen molar-refractivity contribution in [2.24, 2.45) is 0 Å². The van der Waals surface area contributed by atoms with Gasteiger partial charge in [-0.25, -0.2) is 32.7 Å². The van der Waals surface area contributed by atoms with Crippen LogP contribution < -0.4 is 18.6 Å². The molecule has 0 aliphatic rings. The van der Waals surface area contributed by atoms with Crippen LogP contribution in [0.1, 0.15) is 17.1 Å². The number of benzene rings is 3. The van der Waals surface area contributed by atoms with Crippen molar-refractivity contribution in [3.63, 3.8) is 0 Å². The van der Waals surface area contributed by atoms with Gasteiger partial charge in [-0.15, -0.1) is 25.5 Å². The zero-order chi connectivity index (χ0) is 32.1. The van der Waals surface area contributed by atoms with Crippen molar-refractivity contribution in [1.82, 2.24) is 49.9 Å². The number of nitrogens with zero attached hydrogens (tertiary/aromatic N) is 13. The van der Waals surface area contributed by atoms with E-state index < -0.39 is 10.2 Å². The first-order valence-electron chi connectivity index (χ1n) is 12.9. The van der Waals surface area contributed by atoms with Crippen molar-refractivity contribution >= 4 is 0 Å². The molecular weight excluding hydrogens is 665 g/mol. The van der Waals surface area contributed by atoms with Crippen molar-refractivity contribution < 1.29 is 45.7 Å². The molecule has 0 aliphatic carbocycles. The van der Waals surface area contributed by atoms with Crippen LogP contribution in [0, 0.1) is 10.2 Å². The quantitative estimate of drug-likeness (QED) is 0.109. The maximum atomic E-state index is 8.49. The number of hydrogen-bond donors (Lipinski definition) is 0. The SMILES string of the molecule is [Co+2].[N-]=[N+]=[N-].[O-][Cl+3]([O-])([O-])[O-].c1ccc(-n2cc(CN(Cc3cn(-c4ccccc4)nn3)Cc3cn(-c4ccccc4)nn3)nn2)cc1. The third-order valence-corrected chi connectivity index (χ3v) is 5.84. The molecule has 0 saturated carbocycles. The molecule has 237 valence electrons. The fourth-order valence-electron chi connectivity index (χ4n) is 4.09. The van der Waals surface area contributed by atoms with E-state index in [0.29, 0.717) is 19.6 Å². The minimum absolute atomic E-state index is 0. The summed E-state index contributed by atoms with van der Waals surface area (Å²) in [6, 6.07) is 29.8. The topological polar surface area (TPSA) is 246 Å². The molecule has 6 aromatic rings. The molecule has 0 fully saturated rings. The molecule has 0 amide bonds. The summed E-state index contributed by atoms with van der Waals surface area (Å²) >= 11 is 0. The van der Waals surface area contributed by atoms with E-state index in [2.05, 4.69) is 35.8 Å². The largest absolute Gasteiger partial charge is 2.00 e. The van der Waals surface area contributed by atoms with Crippen LogP contribution in [0.4, 0.5) is 0 Å². The van der Waals surface area contributed by atoms with E-state index in [1.165, 1.54) is 4.91 Å². The van der Waals surface area contributed by atoms with Gasteiger partial charge in [0.05, 0.1) is 52.7 Å². The van der Waals surface area contributed by atoms with Gasteiger partial charge in [0.1, 0.15) is 0 Å². The molecule has 17 nitrogen and oxygen atoms in total. The monoisotopic (exact) mass is 688 g/mol. The summed E-state index contributed by atoms with van der Waals surface area (Å²) in [5, 5.41) is 26.2. The molecule has 3 heterocycles. The number of para-hydroxylation sites is 3. The summed E-state index contributed by atoms with van der Waals surface area (Å²) < 4.78 is 39.3. The Morgan fingerprint density at radius 2 is 0.783 bits per heavy atom. The Morgan fingerprint density at radius 3 is 1.02 bits per heavy atom. The van der Waals surface area contributed by atoms with Gasteiger partial charge in [0.25, 0.3) is 0 Å². The van der Waals surface area contributed by atoms with Gasteiger partial charge in [-0.2, -0.15) is 0 Å². The molecule has 0 saturated heterocycles. The summed E-state index contributed by atoms with van der Waals surface area (Å²) in [6.07, 6.45) is 5.85. The zero-order valence-corrected chi connectivity index (χ0v) is 25.5. The van der Waals surface area contributed by atoms with Gasteiger partial charge >= 0.3 is 16.8 Å². The third kappa shape index (κ3) is 11.5. The van der Waals surface area contributed by atoms with Gasteiger partial charge in [-0.3, -0.25) is 9.81 Å². The first-order chi connectivity index (χ1) is 21.7. The zero-order valence-electron chi connectivity index (χ0n) is 23.7. The Hall–Kier alpha value is -5.01. The van der Waals surface area contributed by atoms with E-state index >= 15 is 0 Å². The normalized spacial score (nSPS) is 10.5. The Kier molecular flexibility index (Phi) is 13.5. The number of rotatable bonds is 9. The maximum absolute atomic E-state index is 8.49. The van der Waals surface area contributed by atoms with Gasteiger partial charge in [-0.05, 0) is 36.4 Å². The second-order valence-electron chi connectivity index (χ2n) is 9.08. The molecule has 0 N–H and O–H groups in total. The Balaban J connectivity index is 0.000000577. The number of halogens is 1. The van der Waals surface area contributed by atoms with Gasteiger partial charge in [0.2, 0.25) is 0 Å². The number of aromatic nitrogens is 9. The summed E-state index contributed by atoms with van der Waals surface area (Å²) in [6.45, 7) is 1.68. The van der Waals surface area contributed by atoms with Crippen LogP contribution in [0.15, 0.2) is 110 Å². The minimum atomic E-state index is -4.94. The van der Waals surface area contributed by atoms with Crippen LogP contribution >= 0.6 is 0 Å². The van der Waals surface area contributed by atoms with Crippen LogP contribution in [-0.4, -0.2) is 49.9 Å². The van der Waals surface area contributed by atoms with Gasteiger partial charge in [0.15, 0.2) is 0 Å². The standard InChI is InChI=1S/C27H24N10.ClHO4.Co.N3/c1-4-10-25(11-5-1)35-19-22(28-31-35)16-34(17-23-20-36(32-29-23)26-12-6-2-7-13-26)18-24-21-37(33-30-24)27-14-8-3-9-15-27;2-1(3,4)5;;1-3-2/h1-15,19-21H,16-18H2;(H,2,3,4,5);;/q;;+2;-1/p-1. The molecule has 0 unspecified atom stereocenters. The van der Waals surface area contributed by atoms with E-state index in [9.17, 15) is 0 Å². The molecule has 3 aromatic heterocycles. The minimum Gasteiger partial charge on any atom is -0.373 e. The predicted octanol–water partition coefficient (Wildman–Crippen LogP) is -0.261. The van der Waals surface area contributed by atoms with Gasteiger partial charge in [0, 0.05) is 19.6 Å². The number of hydrogen-bond acceptors (Lipinski definition) is 11. The summed E-state index contributed by atoms with van der Waals surface area (Å²) in [5.74, 6) is 0. The average Bonchev–Trinajstić information content (AvgIpc) is 3.80. The van der Waals surface area contributed by atoms with Gasteiger partial charge in [-0.1, -0.05) is 70.2 Å². The Bertz CT molecular complexity index is 1580. The van der Waals surface area contributed by atoms with Crippen LogP contribution in [-0.2, 0) is 36.4 Å². The van der Waals surface area contributed by atoms with Crippen LogP contribution in [0.2, 0.25) is 0 Å². The van der Waals surface area contributed by atoms with Crippen molar-refractivity contribution in [3.8, 4) is 17.1 Å². The van der Waals surface area contributed by atoms with Crippen molar-refractivity contribution in [2.45, 2.75) is 19.6 Å². The molecule has 0 spiro atoms. The Morgan fingerprint density at radius 1 is 0.543 bits per heavy atom. The summed E-state index contributed by atoms with van der Waals surface area (Å²) in [7, 11) is -4.94. The summed E-state index contributed by atoms with van der Waals surface area (Å²) in [4.78, 5) is 3.71.